The summed E-state index contributed by atoms with van der Waals surface area (Å²) in [4.78, 5) is 13.3. The molecule has 0 aromatic rings. The van der Waals surface area contributed by atoms with Crippen LogP contribution in [0.25, 0.3) is 0 Å². The second kappa shape index (κ2) is 2.22. The van der Waals surface area contributed by atoms with Crippen LogP contribution < -0.4 is 5.73 Å². The number of nitrogens with zero attached hydrogens (tertiary/aromatic N) is 2. The summed E-state index contributed by atoms with van der Waals surface area (Å²) in [5.74, 6) is 0. The fraction of sp³-hybridized carbons (Fsp3) is 0.667. The first-order valence-corrected chi connectivity index (χ1v) is 3.18. The molecular formula is C3H5N3O2S. The van der Waals surface area contributed by atoms with Crippen molar-refractivity contribution in [1.29, 1.82) is 0 Å². The van der Waals surface area contributed by atoms with Gasteiger partial charge in [0.1, 0.15) is 6.54 Å². The molecule has 0 saturated carbocycles. The normalized spacial score (nSPS) is 25.8. The molecule has 50 valence electrons. The van der Waals surface area contributed by atoms with Crippen LogP contribution in [0.1, 0.15) is 0 Å². The molecule has 1 aliphatic rings. The van der Waals surface area contributed by atoms with Crippen LogP contribution in [-0.2, 0) is 0 Å². The highest BCUT2D eigenvalue weighted by Gasteiger charge is 2.27. The third-order valence-corrected chi connectivity index (χ3v) is 1.86. The van der Waals surface area contributed by atoms with Crippen LogP contribution in [0.15, 0.2) is 4.99 Å². The number of amidine groups is 1. The number of hydrogen-bond donors (Lipinski definition) is 1. The lowest BCUT2D eigenvalue weighted by Crippen LogP contribution is -2.16. The summed E-state index contributed by atoms with van der Waals surface area (Å²) in [5, 5.41) is 9.67. The van der Waals surface area contributed by atoms with Gasteiger partial charge in [-0.2, -0.15) is 0 Å². The van der Waals surface area contributed by atoms with Gasteiger partial charge in [-0.05, 0) is 11.8 Å². The molecule has 1 aliphatic heterocycles. The van der Waals surface area contributed by atoms with E-state index < -0.39 is 5.37 Å². The van der Waals surface area contributed by atoms with Crippen molar-refractivity contribution in [3.63, 3.8) is 0 Å². The first-order chi connectivity index (χ1) is 4.20. The molecule has 0 aromatic carbocycles. The van der Waals surface area contributed by atoms with Gasteiger partial charge < -0.3 is 5.73 Å². The summed E-state index contributed by atoms with van der Waals surface area (Å²) in [6, 6.07) is 0. The largest absolute Gasteiger partial charge is 0.378 e. The zero-order valence-corrected chi connectivity index (χ0v) is 5.30. The van der Waals surface area contributed by atoms with Gasteiger partial charge >= 0.3 is 0 Å². The Morgan fingerprint density at radius 3 is 2.89 bits per heavy atom. The van der Waals surface area contributed by atoms with E-state index in [1.165, 1.54) is 0 Å². The van der Waals surface area contributed by atoms with Gasteiger partial charge in [-0.15, -0.1) is 0 Å². The Hall–Kier alpha value is -0.780. The number of nitro groups is 1. The van der Waals surface area contributed by atoms with E-state index in [9.17, 15) is 10.1 Å². The van der Waals surface area contributed by atoms with Crippen LogP contribution >= 0.6 is 11.8 Å². The van der Waals surface area contributed by atoms with Crippen LogP contribution in [0.5, 0.6) is 0 Å². The number of thioether (sulfide) groups is 1. The number of aliphatic imine (C=N–C) groups is 1. The van der Waals surface area contributed by atoms with Gasteiger partial charge in [-0.25, -0.2) is 0 Å². The molecule has 0 aromatic heterocycles. The molecular weight excluding hydrogens is 142 g/mol. The van der Waals surface area contributed by atoms with Gasteiger partial charge in [0.05, 0.1) is 0 Å². The van der Waals surface area contributed by atoms with Gasteiger partial charge in [-0.1, -0.05) is 0 Å². The molecule has 0 bridgehead atoms. The number of rotatable bonds is 1. The van der Waals surface area contributed by atoms with E-state index in [0.29, 0.717) is 5.17 Å². The van der Waals surface area contributed by atoms with Gasteiger partial charge in [0.2, 0.25) is 0 Å². The Morgan fingerprint density at radius 2 is 2.67 bits per heavy atom. The third kappa shape index (κ3) is 1.32. The van der Waals surface area contributed by atoms with Crippen LogP contribution in [0.2, 0.25) is 0 Å². The second-order valence-corrected chi connectivity index (χ2v) is 2.73. The predicted octanol–water partition coefficient (Wildman–Crippen LogP) is -0.349. The molecule has 0 amide bonds. The molecule has 1 rings (SSSR count). The lowest BCUT2D eigenvalue weighted by molar-refractivity contribution is -0.491. The van der Waals surface area contributed by atoms with E-state index >= 15 is 0 Å². The lowest BCUT2D eigenvalue weighted by Gasteiger charge is -1.94. The Labute approximate surface area is 55.5 Å². The highest BCUT2D eigenvalue weighted by atomic mass is 32.2. The molecule has 1 atom stereocenters. The number of hydrogen-bond acceptors (Lipinski definition) is 5. The molecule has 1 heterocycles. The quantitative estimate of drug-likeness (QED) is 0.406. The lowest BCUT2D eigenvalue weighted by atomic mass is 10.7. The molecule has 0 saturated heterocycles. The van der Waals surface area contributed by atoms with Crippen molar-refractivity contribution < 1.29 is 4.92 Å². The summed E-state index contributed by atoms with van der Waals surface area (Å²) in [6.45, 7) is 0.212. The molecule has 5 nitrogen and oxygen atoms in total. The average molecular weight is 147 g/mol. The summed E-state index contributed by atoms with van der Waals surface area (Å²) < 4.78 is 0. The van der Waals surface area contributed by atoms with Crippen molar-refractivity contribution in [1.82, 2.24) is 0 Å². The average Bonchev–Trinajstić information content (AvgIpc) is 2.14. The van der Waals surface area contributed by atoms with Crippen molar-refractivity contribution in [3.05, 3.63) is 10.1 Å². The highest BCUT2D eigenvalue weighted by molar-refractivity contribution is 8.14. The zero-order chi connectivity index (χ0) is 6.85. The maximum atomic E-state index is 10.0. The van der Waals surface area contributed by atoms with E-state index in [-0.39, 0.29) is 11.5 Å². The highest BCUT2D eigenvalue weighted by Crippen LogP contribution is 2.17. The van der Waals surface area contributed by atoms with Gasteiger partial charge in [0.15, 0.2) is 5.17 Å². The Bertz CT molecular complexity index is 168. The fourth-order valence-electron chi connectivity index (χ4n) is 0.492. The maximum Gasteiger partial charge on any atom is 0.284 e. The summed E-state index contributed by atoms with van der Waals surface area (Å²) in [7, 11) is 0. The topological polar surface area (TPSA) is 81.5 Å². The van der Waals surface area contributed by atoms with Gasteiger partial charge in [0, 0.05) is 4.92 Å². The summed E-state index contributed by atoms with van der Waals surface area (Å²) in [6.07, 6.45) is 0. The van der Waals surface area contributed by atoms with Crippen molar-refractivity contribution in [2.24, 2.45) is 10.7 Å². The van der Waals surface area contributed by atoms with Crippen molar-refractivity contribution >= 4 is 16.9 Å². The fourth-order valence-corrected chi connectivity index (χ4v) is 1.15. The van der Waals surface area contributed by atoms with Crippen molar-refractivity contribution in [2.75, 3.05) is 6.54 Å². The minimum atomic E-state index is -0.648. The minimum Gasteiger partial charge on any atom is -0.378 e. The predicted molar refractivity (Wildman–Crippen MR) is 34.9 cm³/mol. The monoisotopic (exact) mass is 147 g/mol. The standard InChI is InChI=1S/C3H5N3O2S/c4-3-5-1-2(9-3)6(7)8/h2H,1H2,(H2,4,5). The molecule has 1 unspecified atom stereocenters. The molecule has 0 spiro atoms. The minimum absolute atomic E-state index is 0.212. The van der Waals surface area contributed by atoms with Gasteiger partial charge in [0.25, 0.3) is 5.37 Å². The van der Waals surface area contributed by atoms with E-state index in [1.54, 1.807) is 0 Å². The van der Waals surface area contributed by atoms with Crippen molar-refractivity contribution in [3.8, 4) is 0 Å². The smallest absolute Gasteiger partial charge is 0.284 e. The van der Waals surface area contributed by atoms with Crippen molar-refractivity contribution in [2.45, 2.75) is 5.37 Å². The Morgan fingerprint density at radius 1 is 2.00 bits per heavy atom. The van der Waals surface area contributed by atoms with E-state index in [1.807, 2.05) is 0 Å². The SMILES string of the molecule is NC1=NCC([N+](=O)[O-])S1. The summed E-state index contributed by atoms with van der Waals surface area (Å²) in [5.41, 5.74) is 5.17. The summed E-state index contributed by atoms with van der Waals surface area (Å²) >= 11 is 1.00. The zero-order valence-electron chi connectivity index (χ0n) is 4.48. The molecule has 9 heavy (non-hydrogen) atoms. The Balaban J connectivity index is 2.47. The first-order valence-electron chi connectivity index (χ1n) is 2.30. The molecule has 2 N–H and O–H groups in total. The van der Waals surface area contributed by atoms with Crippen LogP contribution in [0.3, 0.4) is 0 Å². The third-order valence-electron chi connectivity index (χ3n) is 0.895. The second-order valence-electron chi connectivity index (χ2n) is 1.54. The molecule has 6 heteroatoms. The maximum absolute atomic E-state index is 10.0. The molecule has 0 radical (unpaired) electrons. The van der Waals surface area contributed by atoms with Crippen LogP contribution in [0.4, 0.5) is 0 Å². The van der Waals surface area contributed by atoms with E-state index in [0.717, 1.165) is 11.8 Å². The van der Waals surface area contributed by atoms with Crippen LogP contribution in [0, 0.1) is 10.1 Å². The van der Waals surface area contributed by atoms with Crippen LogP contribution in [-0.4, -0.2) is 22.0 Å². The van der Waals surface area contributed by atoms with Gasteiger partial charge in [-0.3, -0.25) is 15.1 Å². The molecule has 0 aliphatic carbocycles. The number of nitrogens with two attached hydrogens (primary N) is 1. The van der Waals surface area contributed by atoms with E-state index in [2.05, 4.69) is 4.99 Å². The first kappa shape index (κ1) is 6.34. The molecule has 0 fully saturated rings. The van der Waals surface area contributed by atoms with E-state index in [4.69, 9.17) is 5.73 Å². The Kier molecular flexibility index (Phi) is 1.56.